The van der Waals surface area contributed by atoms with Gasteiger partial charge in [-0.05, 0) is 35.9 Å². The third-order valence-corrected chi connectivity index (χ3v) is 3.92. The first kappa shape index (κ1) is 16.7. The Balaban J connectivity index is 0.000000146. The van der Waals surface area contributed by atoms with Gasteiger partial charge in [0.05, 0.1) is 6.42 Å². The van der Waals surface area contributed by atoms with Crippen molar-refractivity contribution in [1.82, 2.24) is 0 Å². The Kier molecular flexibility index (Phi) is 5.05. The molecule has 124 valence electrons. The number of Topliss-reactive ketones (excluding diaryl/α,β-unsaturated/α-hetero) is 1. The summed E-state index contributed by atoms with van der Waals surface area (Å²) >= 11 is 0. The maximum absolute atomic E-state index is 11.1. The Hall–Kier alpha value is -3.20. The van der Waals surface area contributed by atoms with E-state index in [1.54, 1.807) is 6.92 Å². The summed E-state index contributed by atoms with van der Waals surface area (Å²) in [5.41, 5.74) is 1.62. The first-order valence-electron chi connectivity index (χ1n) is 8.08. The number of furan rings is 1. The first-order chi connectivity index (χ1) is 12.2. The number of carbonyl (C=O) groups excluding carboxylic acids is 2. The van der Waals surface area contributed by atoms with Crippen molar-refractivity contribution in [3.63, 3.8) is 0 Å². The molecule has 0 amide bonds. The zero-order chi connectivity index (χ0) is 17.6. The molecule has 3 heteroatoms. The molecule has 0 N–H and O–H groups in total. The lowest BCUT2D eigenvalue weighted by Gasteiger charge is -1.99. The van der Waals surface area contributed by atoms with E-state index in [4.69, 9.17) is 4.42 Å². The Morgan fingerprint density at radius 1 is 0.880 bits per heavy atom. The van der Waals surface area contributed by atoms with E-state index in [9.17, 15) is 9.59 Å². The molecule has 1 aromatic heterocycles. The predicted octanol–water partition coefficient (Wildman–Crippen LogP) is 5.22. The minimum atomic E-state index is 0.116. The van der Waals surface area contributed by atoms with Crippen LogP contribution in [0.5, 0.6) is 0 Å². The van der Waals surface area contributed by atoms with E-state index in [0.717, 1.165) is 34.0 Å². The SMILES string of the molecule is CC(=O)c1ccc2ccccc2c1.O=CCc1cc2ccccc2o1. The number of hydrogen-bond acceptors (Lipinski definition) is 3. The molecule has 0 unspecified atom stereocenters. The third kappa shape index (κ3) is 4.01. The lowest BCUT2D eigenvalue weighted by Crippen LogP contribution is -1.90. The van der Waals surface area contributed by atoms with Crippen LogP contribution in [0, 0.1) is 0 Å². The molecule has 0 aliphatic rings. The number of aldehydes is 1. The third-order valence-electron chi connectivity index (χ3n) is 3.92. The van der Waals surface area contributed by atoms with Gasteiger partial charge in [-0.25, -0.2) is 0 Å². The van der Waals surface area contributed by atoms with E-state index in [1.807, 2.05) is 72.8 Å². The maximum atomic E-state index is 11.1. The number of rotatable bonds is 3. The van der Waals surface area contributed by atoms with Crippen LogP contribution in [0.4, 0.5) is 0 Å². The fourth-order valence-corrected chi connectivity index (χ4v) is 2.63. The van der Waals surface area contributed by atoms with Gasteiger partial charge in [-0.3, -0.25) is 4.79 Å². The van der Waals surface area contributed by atoms with Gasteiger partial charge in [0.1, 0.15) is 17.6 Å². The average Bonchev–Trinajstić information content (AvgIpc) is 3.04. The Morgan fingerprint density at radius 3 is 2.24 bits per heavy atom. The fraction of sp³-hybridized carbons (Fsp3) is 0.0909. The molecule has 0 saturated carbocycles. The zero-order valence-corrected chi connectivity index (χ0v) is 13.9. The summed E-state index contributed by atoms with van der Waals surface area (Å²) in [5, 5.41) is 3.34. The topological polar surface area (TPSA) is 47.3 Å². The Labute approximate surface area is 145 Å². The number of benzene rings is 3. The van der Waals surface area contributed by atoms with Crippen LogP contribution in [0.3, 0.4) is 0 Å². The standard InChI is InChI=1S/C12H10O.C10H8O2/c1-9(13)11-7-6-10-4-2-3-5-12(10)8-11;11-6-5-9-7-8-3-1-2-4-10(8)12-9/h2-8H,1H3;1-4,6-7H,5H2. The van der Waals surface area contributed by atoms with E-state index in [2.05, 4.69) is 0 Å². The van der Waals surface area contributed by atoms with E-state index in [-0.39, 0.29) is 5.78 Å². The number of ketones is 1. The number of fused-ring (bicyclic) bond motifs is 2. The minimum Gasteiger partial charge on any atom is -0.461 e. The van der Waals surface area contributed by atoms with Crippen LogP contribution in [0.15, 0.2) is 77.2 Å². The van der Waals surface area contributed by atoms with Crippen LogP contribution >= 0.6 is 0 Å². The predicted molar refractivity (Wildman–Crippen MR) is 99.9 cm³/mol. The van der Waals surface area contributed by atoms with Gasteiger partial charge in [0, 0.05) is 10.9 Å². The van der Waals surface area contributed by atoms with Crippen molar-refractivity contribution in [3.05, 3.63) is 84.1 Å². The van der Waals surface area contributed by atoms with Crippen molar-refractivity contribution < 1.29 is 14.0 Å². The lowest BCUT2D eigenvalue weighted by molar-refractivity contribution is -0.107. The molecule has 4 aromatic rings. The molecular formula is C22H18O3. The molecule has 25 heavy (non-hydrogen) atoms. The van der Waals surface area contributed by atoms with Crippen molar-refractivity contribution >= 4 is 33.8 Å². The summed E-state index contributed by atoms with van der Waals surface area (Å²) in [5.74, 6) is 0.844. The molecule has 3 nitrogen and oxygen atoms in total. The molecule has 0 bridgehead atoms. The van der Waals surface area contributed by atoms with Crippen molar-refractivity contribution in [3.8, 4) is 0 Å². The Morgan fingerprint density at radius 2 is 1.56 bits per heavy atom. The van der Waals surface area contributed by atoms with Gasteiger partial charge in [0.15, 0.2) is 5.78 Å². The quantitative estimate of drug-likeness (QED) is 0.382. The monoisotopic (exact) mass is 330 g/mol. The molecule has 0 saturated heterocycles. The summed E-state index contributed by atoms with van der Waals surface area (Å²) in [6.07, 6.45) is 1.20. The largest absolute Gasteiger partial charge is 0.461 e. The van der Waals surface area contributed by atoms with Gasteiger partial charge in [-0.1, -0.05) is 54.6 Å². The van der Waals surface area contributed by atoms with E-state index in [1.165, 1.54) is 5.39 Å². The highest BCUT2D eigenvalue weighted by atomic mass is 16.3. The van der Waals surface area contributed by atoms with Gasteiger partial charge in [0.2, 0.25) is 0 Å². The van der Waals surface area contributed by atoms with Gasteiger partial charge in [-0.2, -0.15) is 0 Å². The van der Waals surface area contributed by atoms with Crippen LogP contribution in [-0.2, 0) is 11.2 Å². The lowest BCUT2D eigenvalue weighted by atomic mass is 10.1. The van der Waals surface area contributed by atoms with Crippen molar-refractivity contribution in [2.24, 2.45) is 0 Å². The van der Waals surface area contributed by atoms with Gasteiger partial charge >= 0.3 is 0 Å². The second kappa shape index (κ2) is 7.58. The van der Waals surface area contributed by atoms with Crippen molar-refractivity contribution in [2.75, 3.05) is 0 Å². The molecule has 1 heterocycles. The smallest absolute Gasteiger partial charge is 0.159 e. The molecule has 4 rings (SSSR count). The highest BCUT2D eigenvalue weighted by Gasteiger charge is 2.01. The summed E-state index contributed by atoms with van der Waals surface area (Å²) in [7, 11) is 0. The highest BCUT2D eigenvalue weighted by Crippen LogP contribution is 2.18. The molecule has 0 spiro atoms. The van der Waals surface area contributed by atoms with E-state index >= 15 is 0 Å². The number of para-hydroxylation sites is 1. The average molecular weight is 330 g/mol. The number of hydrogen-bond donors (Lipinski definition) is 0. The summed E-state index contributed by atoms with van der Waals surface area (Å²) in [6, 6.07) is 23.4. The first-order valence-corrected chi connectivity index (χ1v) is 8.08. The molecular weight excluding hydrogens is 312 g/mol. The van der Waals surface area contributed by atoms with E-state index < -0.39 is 0 Å². The molecule has 0 fully saturated rings. The van der Waals surface area contributed by atoms with Crippen LogP contribution in [-0.4, -0.2) is 12.1 Å². The molecule has 0 aliphatic carbocycles. The van der Waals surface area contributed by atoms with Crippen LogP contribution < -0.4 is 0 Å². The normalized spacial score (nSPS) is 10.3. The molecule has 3 aromatic carbocycles. The second-order valence-electron chi connectivity index (χ2n) is 5.74. The second-order valence-corrected chi connectivity index (χ2v) is 5.74. The summed E-state index contributed by atoms with van der Waals surface area (Å²) < 4.78 is 5.38. The van der Waals surface area contributed by atoms with Crippen molar-refractivity contribution in [1.29, 1.82) is 0 Å². The molecule has 0 radical (unpaired) electrons. The van der Waals surface area contributed by atoms with Crippen LogP contribution in [0.25, 0.3) is 21.7 Å². The zero-order valence-electron chi connectivity index (χ0n) is 13.9. The number of carbonyl (C=O) groups is 2. The van der Waals surface area contributed by atoms with Crippen molar-refractivity contribution in [2.45, 2.75) is 13.3 Å². The van der Waals surface area contributed by atoms with Gasteiger partial charge in [0.25, 0.3) is 0 Å². The highest BCUT2D eigenvalue weighted by molar-refractivity contribution is 5.98. The fourth-order valence-electron chi connectivity index (χ4n) is 2.63. The van der Waals surface area contributed by atoms with Crippen LogP contribution in [0.1, 0.15) is 23.0 Å². The molecule has 0 aliphatic heterocycles. The summed E-state index contributed by atoms with van der Waals surface area (Å²) in [4.78, 5) is 21.3. The maximum Gasteiger partial charge on any atom is 0.159 e. The minimum absolute atomic E-state index is 0.116. The Bertz CT molecular complexity index is 995. The van der Waals surface area contributed by atoms with Gasteiger partial charge in [-0.15, -0.1) is 0 Å². The summed E-state index contributed by atoms with van der Waals surface area (Å²) in [6.45, 7) is 1.59. The van der Waals surface area contributed by atoms with Crippen LogP contribution in [0.2, 0.25) is 0 Å². The van der Waals surface area contributed by atoms with Gasteiger partial charge < -0.3 is 9.21 Å². The molecule has 0 atom stereocenters. The van der Waals surface area contributed by atoms with E-state index in [0.29, 0.717) is 6.42 Å².